The normalized spacial score (nSPS) is 13.7. The summed E-state index contributed by atoms with van der Waals surface area (Å²) in [5.74, 6) is 2.13. The maximum atomic E-state index is 5.25. The molecule has 1 atom stereocenters. The van der Waals surface area contributed by atoms with Crippen LogP contribution in [-0.2, 0) is 6.54 Å². The summed E-state index contributed by atoms with van der Waals surface area (Å²) in [6, 6.07) is 12.3. The first kappa shape index (κ1) is 22.0. The molecule has 6 nitrogen and oxygen atoms in total. The molecule has 0 aliphatic heterocycles. The van der Waals surface area contributed by atoms with Crippen molar-refractivity contribution >= 4 is 43.4 Å². The van der Waals surface area contributed by atoms with E-state index in [1.54, 1.807) is 18.4 Å². The van der Waals surface area contributed by atoms with Gasteiger partial charge in [-0.1, -0.05) is 43.4 Å². The van der Waals surface area contributed by atoms with Crippen LogP contribution in [0.2, 0.25) is 0 Å². The number of allylic oxidation sites excluding steroid dienone is 2. The van der Waals surface area contributed by atoms with Crippen LogP contribution in [0.1, 0.15) is 39.7 Å². The van der Waals surface area contributed by atoms with Crippen molar-refractivity contribution in [3.63, 3.8) is 0 Å². The molecule has 0 aliphatic rings. The van der Waals surface area contributed by atoms with Crippen LogP contribution in [-0.4, -0.2) is 27.7 Å². The van der Waals surface area contributed by atoms with Gasteiger partial charge in [0, 0.05) is 17.0 Å². The van der Waals surface area contributed by atoms with Gasteiger partial charge in [-0.05, 0) is 50.1 Å². The average molecular weight is 448 g/mol. The average Bonchev–Trinajstić information content (AvgIpc) is 3.42. The van der Waals surface area contributed by atoms with E-state index in [9.17, 15) is 0 Å². The zero-order valence-electron chi connectivity index (χ0n) is 19.2. The molecular formula is C25H29N5OS. The molecule has 0 radical (unpaired) electrons. The van der Waals surface area contributed by atoms with Gasteiger partial charge in [0.2, 0.25) is 5.13 Å². The number of hydrogen-bond acceptors (Lipinski definition) is 5. The second-order valence-corrected chi connectivity index (χ2v) is 8.90. The molecule has 1 N–H and O–H groups in total. The van der Waals surface area contributed by atoms with Gasteiger partial charge in [0.25, 0.3) is 0 Å². The maximum absolute atomic E-state index is 5.25. The fourth-order valence-corrected chi connectivity index (χ4v) is 4.31. The molecule has 0 amide bonds. The number of methoxy groups -OCH3 is 1. The second-order valence-electron chi connectivity index (χ2n) is 7.89. The summed E-state index contributed by atoms with van der Waals surface area (Å²) in [5.41, 5.74) is 4.29. The van der Waals surface area contributed by atoms with E-state index < -0.39 is 0 Å². The molecule has 0 saturated heterocycles. The molecule has 0 fully saturated rings. The Bertz CT molecular complexity index is 1280. The fourth-order valence-electron chi connectivity index (χ4n) is 3.44. The Balaban J connectivity index is 1.69. The van der Waals surface area contributed by atoms with Gasteiger partial charge >= 0.3 is 0 Å². The monoisotopic (exact) mass is 447 g/mol. The predicted molar refractivity (Wildman–Crippen MR) is 134 cm³/mol. The molecule has 2 aromatic carbocycles. The van der Waals surface area contributed by atoms with Crippen molar-refractivity contribution in [1.29, 1.82) is 0 Å². The zero-order chi connectivity index (χ0) is 22.7. The van der Waals surface area contributed by atoms with E-state index in [1.165, 1.54) is 5.56 Å². The molecule has 2 heterocycles. The van der Waals surface area contributed by atoms with Crippen LogP contribution in [0.5, 0.6) is 5.75 Å². The highest BCUT2D eigenvalue weighted by molar-refractivity contribution is 7.22. The van der Waals surface area contributed by atoms with E-state index in [-0.39, 0.29) is 0 Å². The molecule has 0 bridgehead atoms. The van der Waals surface area contributed by atoms with Crippen LogP contribution in [0.4, 0.5) is 5.13 Å². The van der Waals surface area contributed by atoms with Crippen molar-refractivity contribution in [3.8, 4) is 5.75 Å². The Morgan fingerprint density at radius 3 is 2.72 bits per heavy atom. The first-order chi connectivity index (χ1) is 15.5. The van der Waals surface area contributed by atoms with Crippen molar-refractivity contribution < 1.29 is 4.74 Å². The number of nitrogens with one attached hydrogen (secondary N) is 1. The molecular weight excluding hydrogens is 418 g/mol. The summed E-state index contributed by atoms with van der Waals surface area (Å²) in [6.45, 7) is 9.12. The quantitative estimate of drug-likeness (QED) is 0.267. The SMILES string of the molecule is CC=C(C)NC(=Nc1nc2c(ccc3c2cnn3Cc2ccc(OC)cc2)s1)C(C)CC. The molecule has 4 aromatic rings. The lowest BCUT2D eigenvalue weighted by molar-refractivity contribution is 0.414. The Morgan fingerprint density at radius 1 is 1.25 bits per heavy atom. The van der Waals surface area contributed by atoms with Crippen LogP contribution >= 0.6 is 11.3 Å². The summed E-state index contributed by atoms with van der Waals surface area (Å²) in [4.78, 5) is 9.76. The van der Waals surface area contributed by atoms with Gasteiger partial charge in [-0.15, -0.1) is 0 Å². The molecule has 0 aliphatic carbocycles. The van der Waals surface area contributed by atoms with E-state index in [2.05, 4.69) is 61.5 Å². The van der Waals surface area contributed by atoms with Crippen LogP contribution in [0.3, 0.4) is 0 Å². The lowest BCUT2D eigenvalue weighted by atomic mass is 10.1. The lowest BCUT2D eigenvalue weighted by Crippen LogP contribution is -2.27. The van der Waals surface area contributed by atoms with Gasteiger partial charge in [0.15, 0.2) is 0 Å². The molecule has 0 saturated carbocycles. The van der Waals surface area contributed by atoms with E-state index in [4.69, 9.17) is 14.7 Å². The van der Waals surface area contributed by atoms with Crippen LogP contribution in [0, 0.1) is 5.92 Å². The number of nitrogens with zero attached hydrogens (tertiary/aromatic N) is 4. The minimum absolute atomic E-state index is 0.323. The number of fused-ring (bicyclic) bond motifs is 3. The maximum Gasteiger partial charge on any atom is 0.211 e. The molecule has 1 unspecified atom stereocenters. The molecule has 0 spiro atoms. The van der Waals surface area contributed by atoms with Crippen LogP contribution in [0.25, 0.3) is 21.1 Å². The Hall–Kier alpha value is -3.19. The highest BCUT2D eigenvalue weighted by Gasteiger charge is 2.14. The van der Waals surface area contributed by atoms with E-state index in [1.807, 2.05) is 29.9 Å². The summed E-state index contributed by atoms with van der Waals surface area (Å²) in [6.07, 6.45) is 4.97. The first-order valence-electron chi connectivity index (χ1n) is 10.9. The second kappa shape index (κ2) is 9.53. The molecule has 7 heteroatoms. The molecule has 32 heavy (non-hydrogen) atoms. The number of aromatic nitrogens is 3. The Labute approximate surface area is 192 Å². The highest BCUT2D eigenvalue weighted by atomic mass is 32.1. The number of thiazole rings is 1. The van der Waals surface area contributed by atoms with E-state index in [0.29, 0.717) is 12.5 Å². The smallest absolute Gasteiger partial charge is 0.211 e. The van der Waals surface area contributed by atoms with Crippen molar-refractivity contribution in [2.45, 2.75) is 40.7 Å². The number of aliphatic imine (C=N–C) groups is 1. The van der Waals surface area contributed by atoms with Gasteiger partial charge in [-0.3, -0.25) is 4.68 Å². The first-order valence-corrected chi connectivity index (χ1v) is 11.7. The number of amidine groups is 1. The molecule has 2 aromatic heterocycles. The minimum atomic E-state index is 0.323. The summed E-state index contributed by atoms with van der Waals surface area (Å²) < 4.78 is 8.39. The lowest BCUT2D eigenvalue weighted by Gasteiger charge is -2.14. The van der Waals surface area contributed by atoms with Crippen molar-refractivity contribution in [3.05, 3.63) is 59.9 Å². The number of rotatable bonds is 7. The van der Waals surface area contributed by atoms with E-state index >= 15 is 0 Å². The highest BCUT2D eigenvalue weighted by Crippen LogP contribution is 2.33. The van der Waals surface area contributed by atoms with Crippen LogP contribution in [0.15, 0.2) is 59.4 Å². The Morgan fingerprint density at radius 2 is 2.03 bits per heavy atom. The third-order valence-corrected chi connectivity index (χ3v) is 6.63. The molecule has 166 valence electrons. The van der Waals surface area contributed by atoms with Crippen LogP contribution < -0.4 is 10.1 Å². The molecule has 4 rings (SSSR count). The zero-order valence-corrected chi connectivity index (χ0v) is 20.0. The number of benzene rings is 2. The van der Waals surface area contributed by atoms with Crippen molar-refractivity contribution in [2.24, 2.45) is 10.9 Å². The van der Waals surface area contributed by atoms with Crippen molar-refractivity contribution in [1.82, 2.24) is 20.1 Å². The van der Waals surface area contributed by atoms with E-state index in [0.717, 1.165) is 50.0 Å². The van der Waals surface area contributed by atoms with Crippen molar-refractivity contribution in [2.75, 3.05) is 7.11 Å². The summed E-state index contributed by atoms with van der Waals surface area (Å²) in [5, 5.41) is 9.90. The van der Waals surface area contributed by atoms with Gasteiger partial charge in [-0.25, -0.2) is 9.98 Å². The fraction of sp³-hybridized carbons (Fsp3) is 0.320. The topological polar surface area (TPSA) is 64.3 Å². The van der Waals surface area contributed by atoms with Gasteiger partial charge in [-0.2, -0.15) is 5.10 Å². The summed E-state index contributed by atoms with van der Waals surface area (Å²) in [7, 11) is 1.68. The third kappa shape index (κ3) is 4.53. The number of hydrogen-bond donors (Lipinski definition) is 1. The Kier molecular flexibility index (Phi) is 6.55. The number of ether oxygens (including phenoxy) is 1. The largest absolute Gasteiger partial charge is 0.497 e. The standard InChI is InChI=1S/C25H29N5OS/c1-6-16(3)24(27-17(4)7-2)29-25-28-23-20-14-26-30(21(20)12-13-22(23)32-25)15-18-8-10-19(31-5)11-9-18/h7-14,16H,6,15H2,1-5H3,(H,27,28,29). The predicted octanol–water partition coefficient (Wildman–Crippen LogP) is 6.29. The van der Waals surface area contributed by atoms with Gasteiger partial charge in [0.1, 0.15) is 11.6 Å². The van der Waals surface area contributed by atoms with Gasteiger partial charge in [0.05, 0.1) is 35.6 Å². The summed E-state index contributed by atoms with van der Waals surface area (Å²) >= 11 is 1.61. The third-order valence-electron chi connectivity index (χ3n) is 5.71. The minimum Gasteiger partial charge on any atom is -0.497 e. The van der Waals surface area contributed by atoms with Gasteiger partial charge < -0.3 is 10.1 Å².